The van der Waals surface area contributed by atoms with E-state index in [4.69, 9.17) is 16.3 Å². The van der Waals surface area contributed by atoms with Crippen LogP contribution in [-0.4, -0.2) is 16.2 Å². The van der Waals surface area contributed by atoms with Crippen molar-refractivity contribution in [3.05, 3.63) is 109 Å². The second kappa shape index (κ2) is 10.8. The molecule has 2 N–H and O–H groups in total. The number of aromatic nitrogens is 2. The summed E-state index contributed by atoms with van der Waals surface area (Å²) < 4.78 is 6.80. The van der Waals surface area contributed by atoms with Gasteiger partial charge in [-0.15, -0.1) is 0 Å². The lowest BCUT2D eigenvalue weighted by molar-refractivity contribution is 0.306. The molecule has 3 aromatic carbocycles. The lowest BCUT2D eigenvalue weighted by atomic mass is 10.1. The van der Waals surface area contributed by atoms with Crippen molar-refractivity contribution in [2.75, 3.05) is 5.43 Å². The highest BCUT2D eigenvalue weighted by molar-refractivity contribution is 9.10. The molecule has 9 heteroatoms. The lowest BCUT2D eigenvalue weighted by Gasteiger charge is -2.10. The number of nitriles is 1. The molecule has 0 radical (unpaired) electrons. The molecule has 0 unspecified atom stereocenters. The van der Waals surface area contributed by atoms with Crippen molar-refractivity contribution in [1.82, 2.24) is 9.97 Å². The van der Waals surface area contributed by atoms with Crippen LogP contribution in [-0.2, 0) is 6.61 Å². The molecule has 0 fully saturated rings. The zero-order valence-electron chi connectivity index (χ0n) is 17.6. The molecule has 4 aromatic rings. The van der Waals surface area contributed by atoms with E-state index in [9.17, 15) is 10.1 Å². The van der Waals surface area contributed by atoms with Gasteiger partial charge in [0.2, 0.25) is 5.95 Å². The maximum Gasteiger partial charge on any atom is 0.270 e. The Morgan fingerprint density at radius 2 is 1.97 bits per heavy atom. The molecule has 0 spiro atoms. The SMILES string of the molecule is N#Cc1c(-c2ccccc2)nc(NN=Cc2cc(Br)ccc2OCc2cccc(Cl)c2)[nH]c1=O. The van der Waals surface area contributed by atoms with Crippen LogP contribution in [0.25, 0.3) is 11.3 Å². The van der Waals surface area contributed by atoms with Gasteiger partial charge in [-0.1, -0.05) is 70.0 Å². The first-order valence-corrected chi connectivity index (χ1v) is 11.3. The monoisotopic (exact) mass is 533 g/mol. The van der Waals surface area contributed by atoms with Crippen molar-refractivity contribution in [2.45, 2.75) is 6.61 Å². The third kappa shape index (κ3) is 5.70. The predicted octanol–water partition coefficient (Wildman–Crippen LogP) is 5.75. The molecule has 1 aromatic heterocycles. The topological polar surface area (TPSA) is 103 Å². The minimum absolute atomic E-state index is 0.0654. The number of nitrogens with one attached hydrogen (secondary N) is 2. The molecule has 0 aliphatic rings. The van der Waals surface area contributed by atoms with Crippen LogP contribution in [0.5, 0.6) is 5.75 Å². The summed E-state index contributed by atoms with van der Waals surface area (Å²) in [4.78, 5) is 19.3. The van der Waals surface area contributed by atoms with Crippen molar-refractivity contribution in [1.29, 1.82) is 5.26 Å². The summed E-state index contributed by atoms with van der Waals surface area (Å²) in [7, 11) is 0. The number of hydrazone groups is 1. The van der Waals surface area contributed by atoms with Gasteiger partial charge < -0.3 is 4.74 Å². The van der Waals surface area contributed by atoms with E-state index >= 15 is 0 Å². The van der Waals surface area contributed by atoms with Gasteiger partial charge in [-0.25, -0.2) is 10.4 Å². The van der Waals surface area contributed by atoms with Gasteiger partial charge in [-0.3, -0.25) is 9.78 Å². The van der Waals surface area contributed by atoms with Gasteiger partial charge in [0.1, 0.15) is 24.0 Å². The molecule has 0 aliphatic carbocycles. The van der Waals surface area contributed by atoms with Gasteiger partial charge in [0.25, 0.3) is 5.56 Å². The number of halogens is 2. The summed E-state index contributed by atoms with van der Waals surface area (Å²) in [5, 5.41) is 14.2. The molecule has 0 saturated heterocycles. The fourth-order valence-corrected chi connectivity index (χ4v) is 3.73. The summed E-state index contributed by atoms with van der Waals surface area (Å²) in [5.41, 5.74) is 4.67. The van der Waals surface area contributed by atoms with Crippen LogP contribution in [0.4, 0.5) is 5.95 Å². The normalized spacial score (nSPS) is 10.7. The molecule has 0 amide bonds. The highest BCUT2D eigenvalue weighted by Crippen LogP contribution is 2.24. The maximum atomic E-state index is 12.4. The van der Waals surface area contributed by atoms with E-state index in [0.717, 1.165) is 10.0 Å². The number of H-pyrrole nitrogens is 1. The molecule has 0 saturated carbocycles. The Balaban J connectivity index is 1.56. The van der Waals surface area contributed by atoms with Crippen LogP contribution in [0.3, 0.4) is 0 Å². The van der Waals surface area contributed by atoms with Crippen LogP contribution in [0, 0.1) is 11.3 Å². The molecular formula is C25H17BrClN5O2. The first kappa shape index (κ1) is 23.2. The molecule has 1 heterocycles. The van der Waals surface area contributed by atoms with E-state index in [1.165, 1.54) is 0 Å². The quantitative estimate of drug-likeness (QED) is 0.232. The van der Waals surface area contributed by atoms with Crippen LogP contribution in [0.1, 0.15) is 16.7 Å². The average molecular weight is 535 g/mol. The molecule has 0 bridgehead atoms. The minimum Gasteiger partial charge on any atom is -0.488 e. The molecule has 0 aliphatic heterocycles. The van der Waals surface area contributed by atoms with Gasteiger partial charge in [-0.2, -0.15) is 10.4 Å². The summed E-state index contributed by atoms with van der Waals surface area (Å²) in [5.74, 6) is 0.718. The number of rotatable bonds is 7. The van der Waals surface area contributed by atoms with E-state index in [2.05, 4.69) is 36.4 Å². The smallest absolute Gasteiger partial charge is 0.270 e. The summed E-state index contributed by atoms with van der Waals surface area (Å²) in [6.07, 6.45) is 1.55. The average Bonchev–Trinajstić information content (AvgIpc) is 2.84. The zero-order chi connectivity index (χ0) is 23.9. The first-order valence-electron chi connectivity index (χ1n) is 10.1. The van der Waals surface area contributed by atoms with Gasteiger partial charge in [-0.05, 0) is 35.9 Å². The second-order valence-electron chi connectivity index (χ2n) is 7.09. The number of benzene rings is 3. The third-order valence-corrected chi connectivity index (χ3v) is 5.44. The van der Waals surface area contributed by atoms with Gasteiger partial charge in [0, 0.05) is 20.6 Å². The molecule has 34 heavy (non-hydrogen) atoms. The fraction of sp³-hybridized carbons (Fsp3) is 0.0400. The number of hydrogen-bond donors (Lipinski definition) is 2. The Morgan fingerprint density at radius 1 is 1.15 bits per heavy atom. The van der Waals surface area contributed by atoms with Gasteiger partial charge in [0.05, 0.1) is 11.9 Å². The van der Waals surface area contributed by atoms with Gasteiger partial charge in [0.15, 0.2) is 0 Å². The summed E-state index contributed by atoms with van der Waals surface area (Å²) in [6, 6.07) is 23.9. The number of ether oxygens (including phenoxy) is 1. The molecule has 7 nitrogen and oxygen atoms in total. The predicted molar refractivity (Wildman–Crippen MR) is 136 cm³/mol. The zero-order valence-corrected chi connectivity index (χ0v) is 20.0. The van der Waals surface area contributed by atoms with E-state index < -0.39 is 5.56 Å². The summed E-state index contributed by atoms with van der Waals surface area (Å²) >= 11 is 9.50. The van der Waals surface area contributed by atoms with Crippen LogP contribution >= 0.6 is 27.5 Å². The standard InChI is InChI=1S/C25H17BrClN5O2/c26-19-9-10-22(34-15-16-5-4-8-20(27)11-16)18(12-19)14-29-32-25-30-23(17-6-2-1-3-7-17)21(13-28)24(33)31-25/h1-12,14H,15H2,(H2,30,31,32,33). The molecular weight excluding hydrogens is 518 g/mol. The van der Waals surface area contributed by atoms with Crippen LogP contribution in [0.2, 0.25) is 5.02 Å². The van der Waals surface area contributed by atoms with E-state index in [0.29, 0.717) is 28.5 Å². The van der Waals surface area contributed by atoms with E-state index in [-0.39, 0.29) is 17.2 Å². The minimum atomic E-state index is -0.554. The fourth-order valence-electron chi connectivity index (χ4n) is 3.14. The third-order valence-electron chi connectivity index (χ3n) is 4.71. The Morgan fingerprint density at radius 3 is 2.74 bits per heavy atom. The Labute approximate surface area is 208 Å². The number of nitrogens with zero attached hydrogens (tertiary/aromatic N) is 3. The number of anilines is 1. The number of aromatic amines is 1. The molecule has 4 rings (SSSR count). The number of hydrogen-bond acceptors (Lipinski definition) is 6. The largest absolute Gasteiger partial charge is 0.488 e. The van der Waals surface area contributed by atoms with Crippen LogP contribution < -0.4 is 15.7 Å². The molecule has 168 valence electrons. The Bertz CT molecular complexity index is 1450. The Kier molecular flexibility index (Phi) is 7.38. The van der Waals surface area contributed by atoms with Crippen LogP contribution in [0.15, 0.2) is 87.2 Å². The maximum absolute atomic E-state index is 12.4. The van der Waals surface area contributed by atoms with Crippen molar-refractivity contribution >= 4 is 39.7 Å². The highest BCUT2D eigenvalue weighted by Gasteiger charge is 2.13. The first-order chi connectivity index (χ1) is 16.5. The summed E-state index contributed by atoms with van der Waals surface area (Å²) in [6.45, 7) is 0.335. The van der Waals surface area contributed by atoms with E-state index in [1.807, 2.05) is 60.7 Å². The Hall–Kier alpha value is -3.93. The van der Waals surface area contributed by atoms with Crippen molar-refractivity contribution < 1.29 is 4.74 Å². The molecule has 0 atom stereocenters. The van der Waals surface area contributed by atoms with Crippen molar-refractivity contribution in [3.63, 3.8) is 0 Å². The highest BCUT2D eigenvalue weighted by atomic mass is 79.9. The second-order valence-corrected chi connectivity index (χ2v) is 8.44. The van der Waals surface area contributed by atoms with Crippen molar-refractivity contribution in [3.8, 4) is 23.1 Å². The van der Waals surface area contributed by atoms with Crippen molar-refractivity contribution in [2.24, 2.45) is 5.10 Å². The van der Waals surface area contributed by atoms with Gasteiger partial charge >= 0.3 is 0 Å². The van der Waals surface area contributed by atoms with E-state index in [1.54, 1.807) is 24.4 Å². The lowest BCUT2D eigenvalue weighted by Crippen LogP contribution is -2.16.